The smallest absolute Gasteiger partial charge is 0.0983 e. The molecule has 0 aromatic heterocycles. The van der Waals surface area contributed by atoms with Gasteiger partial charge in [-0.05, 0) is 38.3 Å². The van der Waals surface area contributed by atoms with Crippen LogP contribution >= 0.6 is 0 Å². The summed E-state index contributed by atoms with van der Waals surface area (Å²) in [4.78, 5) is 0. The number of rotatable bonds is 2. The molecule has 2 rings (SSSR count). The van der Waals surface area contributed by atoms with Crippen molar-refractivity contribution in [3.8, 4) is 0 Å². The summed E-state index contributed by atoms with van der Waals surface area (Å²) in [5.41, 5.74) is 2.57. The van der Waals surface area contributed by atoms with Crippen molar-refractivity contribution in [1.29, 1.82) is 0 Å². The van der Waals surface area contributed by atoms with Crippen LogP contribution in [0.15, 0.2) is 24.3 Å². The molecule has 0 aliphatic carbocycles. The molecule has 0 bridgehead atoms. The SMILES string of the molecule is CCc1ccc(C2OC(C)(C)CNC2C)cc1. The average Bonchev–Trinajstić information content (AvgIpc) is 2.33. The van der Waals surface area contributed by atoms with E-state index >= 15 is 0 Å². The maximum Gasteiger partial charge on any atom is 0.0983 e. The number of ether oxygens (including phenoxy) is 1. The zero-order valence-electron chi connectivity index (χ0n) is 11.3. The molecule has 1 heterocycles. The lowest BCUT2D eigenvalue weighted by molar-refractivity contribution is -0.114. The maximum atomic E-state index is 6.18. The highest BCUT2D eigenvalue weighted by Gasteiger charge is 2.33. The van der Waals surface area contributed by atoms with Crippen LogP contribution in [0.2, 0.25) is 0 Å². The highest BCUT2D eigenvalue weighted by atomic mass is 16.5. The largest absolute Gasteiger partial charge is 0.365 e. The van der Waals surface area contributed by atoms with Crippen LogP contribution in [-0.4, -0.2) is 18.2 Å². The molecule has 0 amide bonds. The number of aryl methyl sites for hydroxylation is 1. The van der Waals surface area contributed by atoms with Crippen molar-refractivity contribution in [1.82, 2.24) is 5.32 Å². The predicted octanol–water partition coefficient (Wildman–Crippen LogP) is 3.08. The molecule has 1 saturated heterocycles. The van der Waals surface area contributed by atoms with E-state index in [0.29, 0.717) is 6.04 Å². The summed E-state index contributed by atoms with van der Waals surface area (Å²) in [7, 11) is 0. The lowest BCUT2D eigenvalue weighted by Crippen LogP contribution is -2.51. The number of morpholine rings is 1. The Morgan fingerprint density at radius 2 is 1.94 bits per heavy atom. The molecule has 1 aliphatic rings. The number of hydrogen-bond donors (Lipinski definition) is 1. The minimum Gasteiger partial charge on any atom is -0.365 e. The van der Waals surface area contributed by atoms with E-state index < -0.39 is 0 Å². The van der Waals surface area contributed by atoms with Crippen molar-refractivity contribution >= 4 is 0 Å². The Balaban J connectivity index is 2.18. The van der Waals surface area contributed by atoms with Crippen LogP contribution in [0.5, 0.6) is 0 Å². The van der Waals surface area contributed by atoms with E-state index in [1.165, 1.54) is 11.1 Å². The third kappa shape index (κ3) is 2.88. The van der Waals surface area contributed by atoms with Crippen LogP contribution < -0.4 is 5.32 Å². The van der Waals surface area contributed by atoms with E-state index in [1.807, 2.05) is 0 Å². The van der Waals surface area contributed by atoms with Crippen LogP contribution in [-0.2, 0) is 11.2 Å². The molecule has 94 valence electrons. The minimum atomic E-state index is -0.0827. The van der Waals surface area contributed by atoms with Crippen LogP contribution in [0, 0.1) is 0 Å². The Morgan fingerprint density at radius 3 is 2.53 bits per heavy atom. The molecular formula is C15H23NO. The second-order valence-electron chi connectivity index (χ2n) is 5.56. The minimum absolute atomic E-state index is 0.0827. The molecule has 1 fully saturated rings. The van der Waals surface area contributed by atoms with Gasteiger partial charge in [0, 0.05) is 12.6 Å². The standard InChI is InChI=1S/C15H23NO/c1-5-12-6-8-13(9-7-12)14-11(2)16-10-15(3,4)17-14/h6-9,11,14,16H,5,10H2,1-4H3. The highest BCUT2D eigenvalue weighted by molar-refractivity contribution is 5.25. The van der Waals surface area contributed by atoms with E-state index in [2.05, 4.69) is 57.3 Å². The first-order chi connectivity index (χ1) is 8.02. The Bertz CT molecular complexity index is 369. The van der Waals surface area contributed by atoms with Crippen LogP contribution in [0.4, 0.5) is 0 Å². The van der Waals surface area contributed by atoms with E-state index in [-0.39, 0.29) is 11.7 Å². The van der Waals surface area contributed by atoms with E-state index in [4.69, 9.17) is 4.74 Å². The molecular weight excluding hydrogens is 210 g/mol. The number of hydrogen-bond acceptors (Lipinski definition) is 2. The first-order valence-electron chi connectivity index (χ1n) is 6.52. The lowest BCUT2D eigenvalue weighted by Gasteiger charge is -2.41. The summed E-state index contributed by atoms with van der Waals surface area (Å²) in [6.45, 7) is 9.56. The van der Waals surface area contributed by atoms with Gasteiger partial charge in [0.05, 0.1) is 11.7 Å². The average molecular weight is 233 g/mol. The zero-order valence-corrected chi connectivity index (χ0v) is 11.3. The molecule has 1 aromatic rings. The predicted molar refractivity (Wildman–Crippen MR) is 71.2 cm³/mol. The second-order valence-corrected chi connectivity index (χ2v) is 5.56. The molecule has 0 radical (unpaired) electrons. The molecule has 1 aliphatic heterocycles. The molecule has 0 spiro atoms. The van der Waals surface area contributed by atoms with Crippen molar-refractivity contribution in [2.75, 3.05) is 6.54 Å². The van der Waals surface area contributed by atoms with Crippen molar-refractivity contribution in [2.24, 2.45) is 0 Å². The summed E-state index contributed by atoms with van der Waals surface area (Å²) in [6, 6.07) is 9.17. The Kier molecular flexibility index (Phi) is 3.55. The third-order valence-corrected chi connectivity index (χ3v) is 3.47. The topological polar surface area (TPSA) is 21.3 Å². The molecule has 2 atom stereocenters. The molecule has 2 unspecified atom stereocenters. The summed E-state index contributed by atoms with van der Waals surface area (Å²) in [6.07, 6.45) is 1.25. The van der Waals surface area contributed by atoms with Gasteiger partial charge in [-0.25, -0.2) is 0 Å². The molecule has 17 heavy (non-hydrogen) atoms. The normalized spacial score (nSPS) is 28.0. The van der Waals surface area contributed by atoms with Gasteiger partial charge in [-0.2, -0.15) is 0 Å². The first-order valence-corrected chi connectivity index (χ1v) is 6.52. The number of nitrogens with one attached hydrogen (secondary N) is 1. The summed E-state index contributed by atoms with van der Waals surface area (Å²) >= 11 is 0. The van der Waals surface area contributed by atoms with Crippen molar-refractivity contribution < 1.29 is 4.74 Å². The van der Waals surface area contributed by atoms with Gasteiger partial charge in [0.15, 0.2) is 0 Å². The summed E-state index contributed by atoms with van der Waals surface area (Å²) < 4.78 is 6.18. The van der Waals surface area contributed by atoms with Gasteiger partial charge < -0.3 is 10.1 Å². The van der Waals surface area contributed by atoms with Gasteiger partial charge in [-0.1, -0.05) is 31.2 Å². The van der Waals surface area contributed by atoms with Gasteiger partial charge in [0.2, 0.25) is 0 Å². The van der Waals surface area contributed by atoms with Crippen molar-refractivity contribution in [2.45, 2.75) is 51.9 Å². The third-order valence-electron chi connectivity index (χ3n) is 3.47. The molecule has 1 N–H and O–H groups in total. The van der Waals surface area contributed by atoms with Gasteiger partial charge in [-0.3, -0.25) is 0 Å². The second kappa shape index (κ2) is 4.79. The molecule has 1 aromatic carbocycles. The molecule has 0 saturated carbocycles. The van der Waals surface area contributed by atoms with Crippen LogP contribution in [0.25, 0.3) is 0 Å². The van der Waals surface area contributed by atoms with Crippen molar-refractivity contribution in [3.63, 3.8) is 0 Å². The fourth-order valence-electron chi connectivity index (χ4n) is 2.30. The van der Waals surface area contributed by atoms with Crippen molar-refractivity contribution in [3.05, 3.63) is 35.4 Å². The number of benzene rings is 1. The first kappa shape index (κ1) is 12.6. The maximum absolute atomic E-state index is 6.18. The van der Waals surface area contributed by atoms with E-state index in [9.17, 15) is 0 Å². The highest BCUT2D eigenvalue weighted by Crippen LogP contribution is 2.30. The Morgan fingerprint density at radius 1 is 1.29 bits per heavy atom. The van der Waals surface area contributed by atoms with Gasteiger partial charge in [0.1, 0.15) is 0 Å². The Hall–Kier alpha value is -0.860. The van der Waals surface area contributed by atoms with Crippen LogP contribution in [0.1, 0.15) is 44.9 Å². The van der Waals surface area contributed by atoms with E-state index in [1.54, 1.807) is 0 Å². The fourth-order valence-corrected chi connectivity index (χ4v) is 2.30. The van der Waals surface area contributed by atoms with Gasteiger partial charge in [0.25, 0.3) is 0 Å². The fraction of sp³-hybridized carbons (Fsp3) is 0.600. The summed E-state index contributed by atoms with van der Waals surface area (Å²) in [5.74, 6) is 0. The Labute approximate surface area is 104 Å². The van der Waals surface area contributed by atoms with Gasteiger partial charge in [-0.15, -0.1) is 0 Å². The molecule has 2 heteroatoms. The quantitative estimate of drug-likeness (QED) is 0.847. The zero-order chi connectivity index (χ0) is 12.5. The lowest BCUT2D eigenvalue weighted by atomic mass is 9.96. The summed E-state index contributed by atoms with van der Waals surface area (Å²) in [5, 5.41) is 3.52. The van der Waals surface area contributed by atoms with Crippen LogP contribution in [0.3, 0.4) is 0 Å². The molecule has 2 nitrogen and oxygen atoms in total. The van der Waals surface area contributed by atoms with Gasteiger partial charge >= 0.3 is 0 Å². The van der Waals surface area contributed by atoms with E-state index in [0.717, 1.165) is 13.0 Å². The monoisotopic (exact) mass is 233 g/mol.